The van der Waals surface area contributed by atoms with Gasteiger partial charge in [0.1, 0.15) is 5.82 Å². The van der Waals surface area contributed by atoms with Gasteiger partial charge in [-0.1, -0.05) is 5.16 Å². The molecule has 1 aliphatic carbocycles. The Bertz CT molecular complexity index is 569. The monoisotopic (exact) mass is 247 g/mol. The van der Waals surface area contributed by atoms with Crippen molar-refractivity contribution in [3.8, 4) is 11.5 Å². The first-order chi connectivity index (χ1) is 8.57. The van der Waals surface area contributed by atoms with Crippen LogP contribution in [0.5, 0.6) is 0 Å². The second-order valence-electron chi connectivity index (χ2n) is 4.95. The Morgan fingerprint density at radius 3 is 2.72 bits per heavy atom. The molecule has 1 heterocycles. The number of rotatable bonds is 2. The maximum Gasteiger partial charge on any atom is 0.258 e. The summed E-state index contributed by atoms with van der Waals surface area (Å²) in [5.74, 6) is 0.533. The number of halogens is 1. The zero-order valence-corrected chi connectivity index (χ0v) is 10.1. The Labute approximate surface area is 104 Å². The zero-order chi connectivity index (χ0) is 12.8. The van der Waals surface area contributed by atoms with E-state index in [9.17, 15) is 4.39 Å². The number of nitrogens with zero attached hydrogens (tertiary/aromatic N) is 2. The fourth-order valence-corrected chi connectivity index (χ4v) is 2.18. The van der Waals surface area contributed by atoms with Crippen LogP contribution in [0.4, 0.5) is 4.39 Å². The van der Waals surface area contributed by atoms with Crippen LogP contribution < -0.4 is 5.73 Å². The van der Waals surface area contributed by atoms with Gasteiger partial charge in [0.2, 0.25) is 0 Å². The van der Waals surface area contributed by atoms with Gasteiger partial charge in [0, 0.05) is 5.56 Å². The average molecular weight is 247 g/mol. The van der Waals surface area contributed by atoms with Crippen molar-refractivity contribution in [2.45, 2.75) is 31.7 Å². The first-order valence-electron chi connectivity index (χ1n) is 5.97. The number of hydrogen-bond donors (Lipinski definition) is 1. The third kappa shape index (κ3) is 1.80. The van der Waals surface area contributed by atoms with Crippen LogP contribution in [0.3, 0.4) is 0 Å². The largest absolute Gasteiger partial charge is 0.334 e. The van der Waals surface area contributed by atoms with E-state index in [-0.39, 0.29) is 5.82 Å². The van der Waals surface area contributed by atoms with Crippen LogP contribution >= 0.6 is 0 Å². The van der Waals surface area contributed by atoms with Crippen molar-refractivity contribution in [1.82, 2.24) is 10.1 Å². The number of aryl methyl sites for hydroxylation is 1. The van der Waals surface area contributed by atoms with E-state index in [0.717, 1.165) is 24.8 Å². The molecular formula is C13H14FN3O. The summed E-state index contributed by atoms with van der Waals surface area (Å²) in [5.41, 5.74) is 7.07. The van der Waals surface area contributed by atoms with Gasteiger partial charge in [-0.05, 0) is 49.9 Å². The van der Waals surface area contributed by atoms with Gasteiger partial charge < -0.3 is 10.3 Å². The van der Waals surface area contributed by atoms with Crippen LogP contribution in [-0.2, 0) is 5.54 Å². The minimum atomic E-state index is -0.454. The molecular weight excluding hydrogens is 233 g/mol. The molecule has 1 aliphatic rings. The Kier molecular flexibility index (Phi) is 2.45. The molecule has 0 amide bonds. The summed E-state index contributed by atoms with van der Waals surface area (Å²) in [6, 6.07) is 4.65. The molecule has 94 valence electrons. The molecule has 1 saturated carbocycles. The summed E-state index contributed by atoms with van der Waals surface area (Å²) in [7, 11) is 0. The third-order valence-electron chi connectivity index (χ3n) is 3.41. The molecule has 18 heavy (non-hydrogen) atoms. The molecule has 5 heteroatoms. The average Bonchev–Trinajstić information content (AvgIpc) is 2.74. The lowest BCUT2D eigenvalue weighted by Crippen LogP contribution is -2.44. The number of aromatic nitrogens is 2. The number of hydrogen-bond acceptors (Lipinski definition) is 4. The normalized spacial score (nSPS) is 17.5. The van der Waals surface area contributed by atoms with Crippen molar-refractivity contribution in [2.75, 3.05) is 0 Å². The van der Waals surface area contributed by atoms with Gasteiger partial charge in [-0.3, -0.25) is 0 Å². The van der Waals surface area contributed by atoms with Crippen LogP contribution in [0.25, 0.3) is 11.5 Å². The zero-order valence-electron chi connectivity index (χ0n) is 10.1. The minimum Gasteiger partial charge on any atom is -0.334 e. The molecule has 1 aromatic carbocycles. The summed E-state index contributed by atoms with van der Waals surface area (Å²) < 4.78 is 18.5. The van der Waals surface area contributed by atoms with Crippen LogP contribution in [0.1, 0.15) is 30.7 Å². The first-order valence-corrected chi connectivity index (χ1v) is 5.97. The van der Waals surface area contributed by atoms with Gasteiger partial charge in [-0.15, -0.1) is 0 Å². The predicted octanol–water partition coefficient (Wildman–Crippen LogP) is 2.52. The Morgan fingerprint density at radius 1 is 1.33 bits per heavy atom. The van der Waals surface area contributed by atoms with Crippen LogP contribution in [-0.4, -0.2) is 10.1 Å². The number of nitrogens with two attached hydrogens (primary N) is 1. The van der Waals surface area contributed by atoms with Crippen molar-refractivity contribution in [3.63, 3.8) is 0 Å². The molecule has 0 spiro atoms. The Balaban J connectivity index is 1.97. The molecule has 0 saturated heterocycles. The van der Waals surface area contributed by atoms with Gasteiger partial charge in [0.15, 0.2) is 5.82 Å². The van der Waals surface area contributed by atoms with Crippen LogP contribution in [0.2, 0.25) is 0 Å². The molecule has 0 aliphatic heterocycles. The second-order valence-corrected chi connectivity index (χ2v) is 4.95. The summed E-state index contributed by atoms with van der Waals surface area (Å²) >= 11 is 0. The lowest BCUT2D eigenvalue weighted by molar-refractivity contribution is 0.229. The van der Waals surface area contributed by atoms with Crippen molar-refractivity contribution in [2.24, 2.45) is 5.73 Å². The van der Waals surface area contributed by atoms with Gasteiger partial charge in [0.05, 0.1) is 5.54 Å². The summed E-state index contributed by atoms with van der Waals surface area (Å²) in [6.45, 7) is 1.82. The van der Waals surface area contributed by atoms with E-state index in [1.807, 2.05) is 13.0 Å². The van der Waals surface area contributed by atoms with E-state index in [0.29, 0.717) is 17.3 Å². The SMILES string of the molecule is Cc1cc(F)cc(-c2nc(C3(N)CCC3)no2)c1. The molecule has 2 N–H and O–H groups in total. The minimum absolute atomic E-state index is 0.309. The fraction of sp³-hybridized carbons (Fsp3) is 0.385. The van der Waals surface area contributed by atoms with Crippen molar-refractivity contribution < 1.29 is 8.91 Å². The van der Waals surface area contributed by atoms with Crippen molar-refractivity contribution in [1.29, 1.82) is 0 Å². The van der Waals surface area contributed by atoms with Crippen molar-refractivity contribution in [3.05, 3.63) is 35.4 Å². The molecule has 1 fully saturated rings. The van der Waals surface area contributed by atoms with Crippen LogP contribution in [0.15, 0.2) is 22.7 Å². The van der Waals surface area contributed by atoms with Gasteiger partial charge >= 0.3 is 0 Å². The molecule has 1 aromatic heterocycles. The highest BCUT2D eigenvalue weighted by molar-refractivity contribution is 5.54. The van der Waals surface area contributed by atoms with E-state index >= 15 is 0 Å². The predicted molar refractivity (Wildman–Crippen MR) is 64.1 cm³/mol. The van der Waals surface area contributed by atoms with Crippen molar-refractivity contribution >= 4 is 0 Å². The number of benzene rings is 1. The van der Waals surface area contributed by atoms with E-state index in [1.165, 1.54) is 12.1 Å². The maximum absolute atomic E-state index is 13.3. The van der Waals surface area contributed by atoms with Gasteiger partial charge in [-0.25, -0.2) is 4.39 Å². The molecule has 0 bridgehead atoms. The topological polar surface area (TPSA) is 64.9 Å². The third-order valence-corrected chi connectivity index (χ3v) is 3.41. The lowest BCUT2D eigenvalue weighted by atomic mass is 9.77. The van der Waals surface area contributed by atoms with E-state index in [4.69, 9.17) is 10.3 Å². The molecule has 3 rings (SSSR count). The Hall–Kier alpha value is -1.75. The first kappa shape index (κ1) is 11.3. The molecule has 2 aromatic rings. The summed E-state index contributed by atoms with van der Waals surface area (Å²) in [4.78, 5) is 4.29. The molecule has 0 unspecified atom stereocenters. The molecule has 0 radical (unpaired) electrons. The van der Waals surface area contributed by atoms with Gasteiger partial charge in [-0.2, -0.15) is 4.98 Å². The molecule has 4 nitrogen and oxygen atoms in total. The van der Waals surface area contributed by atoms with E-state index in [1.54, 1.807) is 0 Å². The highest BCUT2D eigenvalue weighted by Crippen LogP contribution is 2.37. The van der Waals surface area contributed by atoms with Crippen LogP contribution in [0, 0.1) is 12.7 Å². The fourth-order valence-electron chi connectivity index (χ4n) is 2.18. The summed E-state index contributed by atoms with van der Waals surface area (Å²) in [5, 5.41) is 3.91. The maximum atomic E-state index is 13.3. The smallest absolute Gasteiger partial charge is 0.258 e. The lowest BCUT2D eigenvalue weighted by Gasteiger charge is -2.34. The van der Waals surface area contributed by atoms with E-state index < -0.39 is 5.54 Å². The highest BCUT2D eigenvalue weighted by atomic mass is 19.1. The highest BCUT2D eigenvalue weighted by Gasteiger charge is 2.39. The Morgan fingerprint density at radius 2 is 2.11 bits per heavy atom. The van der Waals surface area contributed by atoms with E-state index in [2.05, 4.69) is 10.1 Å². The standard InChI is InChI=1S/C13H14FN3O/c1-8-5-9(7-10(14)6-8)11-16-12(17-18-11)13(15)3-2-4-13/h5-7H,2-4,15H2,1H3. The van der Waals surface area contributed by atoms with Gasteiger partial charge in [0.25, 0.3) is 5.89 Å². The second kappa shape index (κ2) is 3.88. The molecule has 0 atom stereocenters. The summed E-state index contributed by atoms with van der Waals surface area (Å²) in [6.07, 6.45) is 2.82. The quantitative estimate of drug-likeness (QED) is 0.885.